The number of hydrogen-bond acceptors (Lipinski definition) is 4. The number of carbonyl (C=O) groups excluding carboxylic acids is 1. The molecule has 2 aromatic rings. The molecule has 22 heavy (non-hydrogen) atoms. The summed E-state index contributed by atoms with van der Waals surface area (Å²) >= 11 is 1.61. The highest BCUT2D eigenvalue weighted by Crippen LogP contribution is 2.29. The van der Waals surface area contributed by atoms with E-state index in [2.05, 4.69) is 21.8 Å². The Morgan fingerprint density at radius 3 is 2.91 bits per heavy atom. The van der Waals surface area contributed by atoms with Gasteiger partial charge in [-0.3, -0.25) is 9.20 Å². The van der Waals surface area contributed by atoms with Crippen LogP contribution >= 0.6 is 11.3 Å². The van der Waals surface area contributed by atoms with Gasteiger partial charge < -0.3 is 9.80 Å². The van der Waals surface area contributed by atoms with Crippen molar-refractivity contribution in [2.24, 2.45) is 0 Å². The second kappa shape index (κ2) is 5.66. The fourth-order valence-corrected chi connectivity index (χ4v) is 4.76. The number of hydrogen-bond donors (Lipinski definition) is 0. The zero-order valence-electron chi connectivity index (χ0n) is 12.9. The fourth-order valence-electron chi connectivity index (χ4n) is 4.04. The van der Waals surface area contributed by atoms with Crippen molar-refractivity contribution in [2.45, 2.75) is 44.2 Å². The Labute approximate surface area is 134 Å². The van der Waals surface area contributed by atoms with Gasteiger partial charge in [0.2, 0.25) is 5.91 Å². The maximum atomic E-state index is 12.7. The van der Waals surface area contributed by atoms with Crippen LogP contribution in [-0.4, -0.2) is 57.3 Å². The van der Waals surface area contributed by atoms with Gasteiger partial charge in [0.25, 0.3) is 0 Å². The molecular formula is C16H22N4OS. The molecule has 0 aromatic carbocycles. The lowest BCUT2D eigenvalue weighted by Crippen LogP contribution is -2.47. The van der Waals surface area contributed by atoms with Crippen LogP contribution in [0, 0.1) is 0 Å². The van der Waals surface area contributed by atoms with E-state index in [0.29, 0.717) is 18.5 Å². The molecule has 0 aliphatic carbocycles. The van der Waals surface area contributed by atoms with Crippen LogP contribution in [0.5, 0.6) is 0 Å². The van der Waals surface area contributed by atoms with E-state index in [1.165, 1.54) is 19.4 Å². The lowest BCUT2D eigenvalue weighted by Gasteiger charge is -2.33. The first-order chi connectivity index (χ1) is 10.7. The fraction of sp³-hybridized carbons (Fsp3) is 0.625. The van der Waals surface area contributed by atoms with Crippen LogP contribution < -0.4 is 0 Å². The number of likely N-dealkylation sites (N-methyl/N-ethyl adjacent to an activating group) is 1. The molecule has 2 aliphatic heterocycles. The third-order valence-corrected chi connectivity index (χ3v) is 5.89. The molecule has 0 N–H and O–H groups in total. The van der Waals surface area contributed by atoms with Gasteiger partial charge in [0.15, 0.2) is 4.96 Å². The monoisotopic (exact) mass is 318 g/mol. The van der Waals surface area contributed by atoms with Crippen molar-refractivity contribution in [1.29, 1.82) is 0 Å². The SMILES string of the molecule is CN1CCC[C@H]1[C@H]1CCCN1C(=O)Cc1cn2ccsc2n1. The largest absolute Gasteiger partial charge is 0.338 e. The third kappa shape index (κ3) is 2.44. The lowest BCUT2D eigenvalue weighted by molar-refractivity contribution is -0.132. The van der Waals surface area contributed by atoms with Crippen molar-refractivity contribution < 1.29 is 4.79 Å². The Morgan fingerprint density at radius 1 is 1.32 bits per heavy atom. The van der Waals surface area contributed by atoms with E-state index < -0.39 is 0 Å². The molecule has 2 saturated heterocycles. The number of carbonyl (C=O) groups is 1. The van der Waals surface area contributed by atoms with Gasteiger partial charge in [-0.1, -0.05) is 0 Å². The summed E-state index contributed by atoms with van der Waals surface area (Å²) in [6, 6.07) is 0.959. The minimum Gasteiger partial charge on any atom is -0.338 e. The Balaban J connectivity index is 1.47. The Morgan fingerprint density at radius 2 is 2.14 bits per heavy atom. The van der Waals surface area contributed by atoms with Crippen LogP contribution in [0.25, 0.3) is 4.96 Å². The summed E-state index contributed by atoms with van der Waals surface area (Å²) in [5, 5.41) is 2.01. The van der Waals surface area contributed by atoms with Crippen LogP contribution in [0.2, 0.25) is 0 Å². The smallest absolute Gasteiger partial charge is 0.228 e. The Kier molecular flexibility index (Phi) is 3.66. The van der Waals surface area contributed by atoms with Crippen LogP contribution in [0.4, 0.5) is 0 Å². The molecule has 118 valence electrons. The van der Waals surface area contributed by atoms with Crippen molar-refractivity contribution in [2.75, 3.05) is 20.1 Å². The average molecular weight is 318 g/mol. The number of imidazole rings is 1. The Hall–Kier alpha value is -1.40. The van der Waals surface area contributed by atoms with Gasteiger partial charge in [-0.15, -0.1) is 11.3 Å². The van der Waals surface area contributed by atoms with Crippen LogP contribution in [0.1, 0.15) is 31.4 Å². The molecule has 2 aromatic heterocycles. The van der Waals surface area contributed by atoms with Crippen molar-refractivity contribution >= 4 is 22.2 Å². The van der Waals surface area contributed by atoms with E-state index in [4.69, 9.17) is 0 Å². The number of amides is 1. The maximum absolute atomic E-state index is 12.7. The van der Waals surface area contributed by atoms with Gasteiger partial charge in [-0.2, -0.15) is 0 Å². The highest BCUT2D eigenvalue weighted by Gasteiger charge is 2.38. The highest BCUT2D eigenvalue weighted by molar-refractivity contribution is 7.15. The minimum atomic E-state index is 0.244. The summed E-state index contributed by atoms with van der Waals surface area (Å²) < 4.78 is 2.00. The minimum absolute atomic E-state index is 0.244. The molecule has 1 amide bonds. The predicted octanol–water partition coefficient (Wildman–Crippen LogP) is 2.02. The molecule has 0 unspecified atom stereocenters. The highest BCUT2D eigenvalue weighted by atomic mass is 32.1. The summed E-state index contributed by atoms with van der Waals surface area (Å²) in [7, 11) is 2.20. The number of fused-ring (bicyclic) bond motifs is 1. The van der Waals surface area contributed by atoms with Crippen molar-refractivity contribution in [3.05, 3.63) is 23.5 Å². The third-order valence-electron chi connectivity index (χ3n) is 5.12. The molecule has 4 heterocycles. The van der Waals surface area contributed by atoms with Crippen molar-refractivity contribution in [1.82, 2.24) is 19.2 Å². The van der Waals surface area contributed by atoms with E-state index in [1.54, 1.807) is 11.3 Å². The van der Waals surface area contributed by atoms with Gasteiger partial charge in [-0.25, -0.2) is 4.98 Å². The quantitative estimate of drug-likeness (QED) is 0.869. The molecule has 2 fully saturated rings. The lowest BCUT2D eigenvalue weighted by atomic mass is 10.0. The summed E-state index contributed by atoms with van der Waals surface area (Å²) in [6.07, 6.45) is 9.19. The van der Waals surface area contributed by atoms with Gasteiger partial charge >= 0.3 is 0 Å². The molecule has 0 radical (unpaired) electrons. The van der Waals surface area contributed by atoms with E-state index in [-0.39, 0.29) is 5.91 Å². The first kappa shape index (κ1) is 14.2. The van der Waals surface area contributed by atoms with Gasteiger partial charge in [0, 0.05) is 36.4 Å². The molecule has 0 bridgehead atoms. The molecule has 0 saturated carbocycles. The standard InChI is InChI=1S/C16H22N4OS/c1-18-6-2-4-13(18)14-5-3-7-20(14)15(21)10-12-11-19-8-9-22-16(19)17-12/h8-9,11,13-14H,2-7,10H2,1H3/t13-,14+/m0/s1. The molecule has 6 heteroatoms. The topological polar surface area (TPSA) is 40.9 Å². The number of likely N-dealkylation sites (tertiary alicyclic amines) is 2. The molecule has 2 aliphatic rings. The molecule has 2 atom stereocenters. The second-order valence-corrected chi connectivity index (χ2v) is 7.36. The first-order valence-electron chi connectivity index (χ1n) is 8.13. The van der Waals surface area contributed by atoms with Gasteiger partial charge in [0.1, 0.15) is 0 Å². The number of thiazole rings is 1. The molecular weight excluding hydrogens is 296 g/mol. The summed E-state index contributed by atoms with van der Waals surface area (Å²) in [5.74, 6) is 0.244. The van der Waals surface area contributed by atoms with E-state index in [0.717, 1.165) is 30.0 Å². The zero-order chi connectivity index (χ0) is 15.1. The van der Waals surface area contributed by atoms with E-state index in [1.807, 2.05) is 22.2 Å². The number of aromatic nitrogens is 2. The summed E-state index contributed by atoms with van der Waals surface area (Å²) in [4.78, 5) is 22.8. The molecule has 4 rings (SSSR count). The number of rotatable bonds is 3. The zero-order valence-corrected chi connectivity index (χ0v) is 13.8. The van der Waals surface area contributed by atoms with Gasteiger partial charge in [0.05, 0.1) is 12.1 Å². The predicted molar refractivity (Wildman–Crippen MR) is 87.2 cm³/mol. The number of nitrogens with zero attached hydrogens (tertiary/aromatic N) is 4. The van der Waals surface area contributed by atoms with Gasteiger partial charge in [-0.05, 0) is 39.3 Å². The second-order valence-electron chi connectivity index (χ2n) is 6.49. The summed E-state index contributed by atoms with van der Waals surface area (Å²) in [5.41, 5.74) is 0.891. The summed E-state index contributed by atoms with van der Waals surface area (Å²) in [6.45, 7) is 2.08. The first-order valence-corrected chi connectivity index (χ1v) is 9.01. The van der Waals surface area contributed by atoms with Crippen LogP contribution in [-0.2, 0) is 11.2 Å². The van der Waals surface area contributed by atoms with Crippen LogP contribution in [0.15, 0.2) is 17.8 Å². The van der Waals surface area contributed by atoms with E-state index in [9.17, 15) is 4.79 Å². The van der Waals surface area contributed by atoms with Crippen LogP contribution in [0.3, 0.4) is 0 Å². The average Bonchev–Trinajstić information content (AvgIpc) is 3.19. The molecule has 5 nitrogen and oxygen atoms in total. The molecule has 0 spiro atoms. The Bertz CT molecular complexity index is 650. The van der Waals surface area contributed by atoms with E-state index >= 15 is 0 Å². The normalized spacial score (nSPS) is 26.3. The maximum Gasteiger partial charge on any atom is 0.228 e. The van der Waals surface area contributed by atoms with Crippen molar-refractivity contribution in [3.8, 4) is 0 Å². The van der Waals surface area contributed by atoms with Crippen molar-refractivity contribution in [3.63, 3.8) is 0 Å².